The van der Waals surface area contributed by atoms with Gasteiger partial charge in [0, 0.05) is 0 Å². The molecule has 0 fully saturated rings. The molecule has 0 spiro atoms. The third-order valence-corrected chi connectivity index (χ3v) is 0.427. The molecule has 0 saturated heterocycles. The summed E-state index contributed by atoms with van der Waals surface area (Å²) < 4.78 is 13.7. The Morgan fingerprint density at radius 3 is 2.12 bits per heavy atom. The zero-order valence-corrected chi connectivity index (χ0v) is 5.26. The van der Waals surface area contributed by atoms with E-state index in [1.807, 2.05) is 0 Å². The number of carbonyl (C=O) groups excluding carboxylic acids is 1. The summed E-state index contributed by atoms with van der Waals surface area (Å²) in [5, 5.41) is 10.2. The van der Waals surface area contributed by atoms with E-state index in [0.717, 1.165) is 0 Å². The van der Waals surface area contributed by atoms with Crippen LogP contribution in [-0.2, 0) is 4.79 Å². The lowest BCUT2D eigenvalue weighted by atomic mass is 10.8. The van der Waals surface area contributed by atoms with E-state index in [0.29, 0.717) is 0 Å². The number of likely N-dealkylation sites (N-methyl/N-ethyl adjacent to an activating group) is 1. The van der Waals surface area contributed by atoms with Crippen molar-refractivity contribution in [3.8, 4) is 0 Å². The van der Waals surface area contributed by atoms with Gasteiger partial charge < -0.3 is 14.4 Å². The topological polar surface area (TPSA) is 40.1 Å². The third-order valence-electron chi connectivity index (χ3n) is 0.427. The quantitative estimate of drug-likeness (QED) is 0.327. The summed E-state index contributed by atoms with van der Waals surface area (Å²) in [5.74, 6) is -1.68. The number of carboxylic acids is 1. The Kier molecular flexibility index (Phi) is 1.15. The highest BCUT2D eigenvalue weighted by Crippen LogP contribution is 1.84. The minimum absolute atomic E-state index is 0.296. The van der Waals surface area contributed by atoms with Crippen LogP contribution < -0.4 is 5.11 Å². The SMILES string of the molecule is [2H][13C]([2H])(C(=O)[O-])[N+](C)(C)C. The maximum atomic E-state index is 10.2. The number of quaternary nitrogens is 1. The molecule has 0 aromatic heterocycles. The molecule has 48 valence electrons. The molecule has 3 heteroatoms. The monoisotopic (exact) mass is 120 g/mol. The number of carbonyl (C=O) groups is 1. The van der Waals surface area contributed by atoms with Crippen molar-refractivity contribution in [1.82, 2.24) is 0 Å². The van der Waals surface area contributed by atoms with Crippen molar-refractivity contribution in [2.45, 2.75) is 0 Å². The predicted octanol–water partition coefficient (Wildman–Crippen LogP) is -1.56. The molecule has 0 heterocycles. The number of hydrogen-bond acceptors (Lipinski definition) is 2. The van der Waals surface area contributed by atoms with E-state index in [9.17, 15) is 9.90 Å². The predicted molar refractivity (Wildman–Crippen MR) is 27.9 cm³/mol. The van der Waals surface area contributed by atoms with Crippen LogP contribution in [0, 0.1) is 0 Å². The summed E-state index contributed by atoms with van der Waals surface area (Å²) in [6.07, 6.45) is 0. The molecule has 0 unspecified atom stereocenters. The first kappa shape index (κ1) is 4.32. The second-order valence-corrected chi connectivity index (χ2v) is 2.41. The molecule has 0 saturated carbocycles. The smallest absolute Gasteiger partial charge is 0.118 e. The summed E-state index contributed by atoms with van der Waals surface area (Å²) in [7, 11) is 4.36. The standard InChI is InChI=1S/C5H11NO2/c1-6(2,3)4-5(7)8/h4H2,1-3H3/i4+1D2. The average molecular weight is 120 g/mol. The molecule has 0 amide bonds. The van der Waals surface area contributed by atoms with E-state index in [-0.39, 0.29) is 4.48 Å². The Balaban J connectivity index is 4.57. The van der Waals surface area contributed by atoms with Crippen LogP contribution in [0.25, 0.3) is 0 Å². The first-order valence-corrected chi connectivity index (χ1v) is 2.22. The van der Waals surface area contributed by atoms with E-state index in [4.69, 9.17) is 2.74 Å². The lowest BCUT2D eigenvalue weighted by Crippen LogP contribution is -2.45. The normalized spacial score (nSPS) is 16.9. The van der Waals surface area contributed by atoms with E-state index in [1.165, 1.54) is 21.1 Å². The van der Waals surface area contributed by atoms with E-state index in [2.05, 4.69) is 0 Å². The van der Waals surface area contributed by atoms with E-state index < -0.39 is 12.5 Å². The molecule has 8 heavy (non-hydrogen) atoms. The van der Waals surface area contributed by atoms with Crippen molar-refractivity contribution < 1.29 is 17.1 Å². The number of hydrogen-bond donors (Lipinski definition) is 0. The highest BCUT2D eigenvalue weighted by atomic mass is 16.4. The third kappa shape index (κ3) is 5.43. The van der Waals surface area contributed by atoms with Crippen molar-refractivity contribution in [3.05, 3.63) is 0 Å². The number of nitrogens with zero attached hydrogens (tertiary/aromatic N) is 1. The van der Waals surface area contributed by atoms with Crippen LogP contribution in [0.4, 0.5) is 0 Å². The second-order valence-electron chi connectivity index (χ2n) is 2.41. The maximum Gasteiger partial charge on any atom is 0.118 e. The van der Waals surface area contributed by atoms with Gasteiger partial charge in [-0.15, -0.1) is 0 Å². The number of rotatable bonds is 2. The fraction of sp³-hybridized carbons (Fsp3) is 0.800. The summed E-state index contributed by atoms with van der Waals surface area (Å²) >= 11 is 0. The van der Waals surface area contributed by atoms with Gasteiger partial charge in [-0.25, -0.2) is 0 Å². The summed E-state index contributed by atoms with van der Waals surface area (Å²) in [6.45, 7) is -2.32. The molecule has 0 rings (SSSR count). The lowest BCUT2D eigenvalue weighted by molar-refractivity contribution is -0.864. The molecular weight excluding hydrogens is 107 g/mol. The minimum Gasteiger partial charge on any atom is -0.544 e. The summed E-state index contributed by atoms with van der Waals surface area (Å²) in [6, 6.07) is 0. The summed E-state index contributed by atoms with van der Waals surface area (Å²) in [4.78, 5) is 10.2. The van der Waals surface area contributed by atoms with Crippen LogP contribution in [0.1, 0.15) is 2.74 Å². The molecule has 3 nitrogen and oxygen atoms in total. The van der Waals surface area contributed by atoms with Crippen molar-refractivity contribution in [2.24, 2.45) is 0 Å². The van der Waals surface area contributed by atoms with Gasteiger partial charge in [0.15, 0.2) is 0 Å². The van der Waals surface area contributed by atoms with Gasteiger partial charge in [0.25, 0.3) is 0 Å². The highest BCUT2D eigenvalue weighted by molar-refractivity contribution is 5.65. The van der Waals surface area contributed by atoms with E-state index in [1.54, 1.807) is 0 Å². The van der Waals surface area contributed by atoms with Gasteiger partial charge >= 0.3 is 0 Å². The fourth-order valence-electron chi connectivity index (χ4n) is 0.274. The average Bonchev–Trinajstić information content (AvgIpc) is 1.62. The lowest BCUT2D eigenvalue weighted by Gasteiger charge is -2.23. The van der Waals surface area contributed by atoms with Crippen LogP contribution >= 0.6 is 0 Å². The molecule has 0 bridgehead atoms. The Morgan fingerprint density at radius 1 is 1.75 bits per heavy atom. The van der Waals surface area contributed by atoms with Crippen molar-refractivity contribution in [1.29, 1.82) is 0 Å². The minimum atomic E-state index is -2.32. The molecule has 0 aromatic carbocycles. The molecule has 0 N–H and O–H groups in total. The first-order chi connectivity index (χ1) is 4.19. The first-order valence-electron chi connectivity index (χ1n) is 3.22. The Bertz CT molecular complexity index is 150. The Hall–Kier alpha value is -0.570. The van der Waals surface area contributed by atoms with Crippen LogP contribution in [0.2, 0.25) is 0 Å². The van der Waals surface area contributed by atoms with Gasteiger partial charge in [-0.3, -0.25) is 0 Å². The van der Waals surface area contributed by atoms with Crippen molar-refractivity contribution >= 4 is 5.97 Å². The largest absolute Gasteiger partial charge is 0.544 e. The highest BCUT2D eigenvalue weighted by Gasteiger charge is 2.04. The van der Waals surface area contributed by atoms with Crippen LogP contribution in [0.3, 0.4) is 0 Å². The van der Waals surface area contributed by atoms with Gasteiger partial charge in [-0.1, -0.05) is 0 Å². The molecule has 0 aromatic rings. The molecule has 0 atom stereocenters. The molecule has 0 aliphatic rings. The molecule has 0 aliphatic heterocycles. The Morgan fingerprint density at radius 2 is 2.12 bits per heavy atom. The van der Waals surface area contributed by atoms with Crippen molar-refractivity contribution in [2.75, 3.05) is 27.6 Å². The zero-order valence-electron chi connectivity index (χ0n) is 7.26. The van der Waals surface area contributed by atoms with Gasteiger partial charge in [0.05, 0.1) is 29.9 Å². The number of aliphatic carboxylic acids is 1. The summed E-state index contributed by atoms with van der Waals surface area (Å²) in [5.41, 5.74) is 0. The maximum absolute atomic E-state index is 10.2. The molecule has 0 radical (unpaired) electrons. The van der Waals surface area contributed by atoms with Gasteiger partial charge in [-0.2, -0.15) is 0 Å². The van der Waals surface area contributed by atoms with Crippen LogP contribution in [-0.4, -0.2) is 38.1 Å². The van der Waals surface area contributed by atoms with E-state index >= 15 is 0 Å². The zero-order chi connectivity index (χ0) is 8.58. The van der Waals surface area contributed by atoms with Crippen LogP contribution in [0.15, 0.2) is 0 Å². The Labute approximate surface area is 51.9 Å². The fourth-order valence-corrected chi connectivity index (χ4v) is 0.274. The van der Waals surface area contributed by atoms with Gasteiger partial charge in [0.1, 0.15) is 6.50 Å². The second kappa shape index (κ2) is 2.13. The van der Waals surface area contributed by atoms with Gasteiger partial charge in [-0.05, 0) is 0 Å². The molecular formula is C5H11NO2. The number of carboxylic acid groups (broad SMARTS) is 1. The van der Waals surface area contributed by atoms with Crippen molar-refractivity contribution in [3.63, 3.8) is 0 Å². The van der Waals surface area contributed by atoms with Gasteiger partial charge in [0.2, 0.25) is 0 Å². The molecule has 0 aliphatic carbocycles. The van der Waals surface area contributed by atoms with Crippen LogP contribution in [0.5, 0.6) is 0 Å².